The molecule has 0 aliphatic carbocycles. The zero-order valence-corrected chi connectivity index (χ0v) is 19.5. The van der Waals surface area contributed by atoms with Gasteiger partial charge in [-0.15, -0.1) is 0 Å². The van der Waals surface area contributed by atoms with E-state index in [0.717, 1.165) is 11.6 Å². The van der Waals surface area contributed by atoms with E-state index in [4.69, 9.17) is 12.2 Å². The molecular formula is C26H23FN4O3S. The summed E-state index contributed by atoms with van der Waals surface area (Å²) < 4.78 is 13.6. The maximum Gasteiger partial charge on any atom is 0.269 e. The quantitative estimate of drug-likeness (QED) is 0.474. The number of anilines is 1. The number of carbonyl (C=O) groups excluding carboxylic acids is 3. The van der Waals surface area contributed by atoms with Crippen LogP contribution in [-0.4, -0.2) is 40.4 Å². The Balaban J connectivity index is 1.50. The van der Waals surface area contributed by atoms with E-state index in [2.05, 4.69) is 10.7 Å². The molecule has 1 heterocycles. The molecule has 1 unspecified atom stereocenters. The summed E-state index contributed by atoms with van der Waals surface area (Å²) in [6.07, 6.45) is 0.417. The van der Waals surface area contributed by atoms with Crippen molar-refractivity contribution in [2.24, 2.45) is 0 Å². The van der Waals surface area contributed by atoms with Crippen LogP contribution in [0.25, 0.3) is 0 Å². The average molecular weight is 491 g/mol. The lowest BCUT2D eigenvalue weighted by molar-refractivity contribution is -0.127. The SMILES string of the molecule is O=C(CC1C(=O)N(c2ccccc2)C(=S)N1NC(=O)c1cccc(F)c1)NCCc1ccccc1. The highest BCUT2D eigenvalue weighted by Gasteiger charge is 2.45. The number of halogens is 1. The van der Waals surface area contributed by atoms with E-state index in [9.17, 15) is 18.8 Å². The fourth-order valence-electron chi connectivity index (χ4n) is 3.76. The zero-order valence-electron chi connectivity index (χ0n) is 18.7. The third-order valence-electron chi connectivity index (χ3n) is 5.50. The van der Waals surface area contributed by atoms with E-state index in [1.807, 2.05) is 30.3 Å². The second kappa shape index (κ2) is 10.9. The summed E-state index contributed by atoms with van der Waals surface area (Å²) in [6, 6.07) is 22.5. The van der Waals surface area contributed by atoms with Gasteiger partial charge in [-0.05, 0) is 54.5 Å². The van der Waals surface area contributed by atoms with Gasteiger partial charge in [0.25, 0.3) is 11.8 Å². The first kappa shape index (κ1) is 24.0. The maximum absolute atomic E-state index is 13.6. The van der Waals surface area contributed by atoms with Crippen molar-refractivity contribution in [2.45, 2.75) is 18.9 Å². The smallest absolute Gasteiger partial charge is 0.269 e. The van der Waals surface area contributed by atoms with Crippen LogP contribution in [0.4, 0.5) is 10.1 Å². The number of hydrogen-bond acceptors (Lipinski definition) is 4. The monoisotopic (exact) mass is 490 g/mol. The average Bonchev–Trinajstić information content (AvgIpc) is 3.09. The molecule has 0 spiro atoms. The van der Waals surface area contributed by atoms with E-state index >= 15 is 0 Å². The van der Waals surface area contributed by atoms with Gasteiger partial charge in [0, 0.05) is 12.1 Å². The first-order valence-corrected chi connectivity index (χ1v) is 11.4. The minimum atomic E-state index is -1.06. The fourth-order valence-corrected chi connectivity index (χ4v) is 4.12. The molecule has 7 nitrogen and oxygen atoms in total. The highest BCUT2D eigenvalue weighted by atomic mass is 32.1. The Hall–Kier alpha value is -4.11. The van der Waals surface area contributed by atoms with Crippen molar-refractivity contribution in [2.75, 3.05) is 11.4 Å². The molecule has 0 bridgehead atoms. The molecule has 1 fully saturated rings. The van der Waals surface area contributed by atoms with Crippen LogP contribution in [0.3, 0.4) is 0 Å². The third kappa shape index (κ3) is 5.70. The number of amides is 3. The van der Waals surface area contributed by atoms with Gasteiger partial charge in [0.2, 0.25) is 11.0 Å². The summed E-state index contributed by atoms with van der Waals surface area (Å²) in [6.45, 7) is 0.395. The van der Waals surface area contributed by atoms with Crippen LogP contribution in [0.15, 0.2) is 84.9 Å². The number of thiocarbonyl (C=S) groups is 1. The molecule has 0 saturated carbocycles. The number of benzene rings is 3. The van der Waals surface area contributed by atoms with E-state index in [1.165, 1.54) is 28.1 Å². The van der Waals surface area contributed by atoms with Crippen LogP contribution in [-0.2, 0) is 16.0 Å². The van der Waals surface area contributed by atoms with Crippen molar-refractivity contribution in [1.29, 1.82) is 0 Å². The molecule has 2 N–H and O–H groups in total. The molecule has 35 heavy (non-hydrogen) atoms. The Kier molecular flexibility index (Phi) is 7.47. The van der Waals surface area contributed by atoms with Gasteiger partial charge in [-0.2, -0.15) is 0 Å². The molecular weight excluding hydrogens is 467 g/mol. The van der Waals surface area contributed by atoms with E-state index in [1.54, 1.807) is 30.3 Å². The van der Waals surface area contributed by atoms with Crippen molar-refractivity contribution in [3.63, 3.8) is 0 Å². The van der Waals surface area contributed by atoms with Crippen LogP contribution >= 0.6 is 12.2 Å². The lowest BCUT2D eigenvalue weighted by atomic mass is 10.1. The standard InChI is InChI=1S/C26H23FN4O3S/c27-20-11-7-10-19(16-20)24(33)29-31-22(17-23(32)28-15-14-18-8-3-1-4-9-18)25(34)30(26(31)35)21-12-5-2-6-13-21/h1-13,16,22H,14-15,17H2,(H,28,32)(H,29,33). The van der Waals surface area contributed by atoms with Crippen LogP contribution in [0.5, 0.6) is 0 Å². The van der Waals surface area contributed by atoms with Gasteiger partial charge >= 0.3 is 0 Å². The van der Waals surface area contributed by atoms with E-state index < -0.39 is 23.7 Å². The van der Waals surface area contributed by atoms with Gasteiger partial charge < -0.3 is 5.32 Å². The van der Waals surface area contributed by atoms with Gasteiger partial charge in [-0.25, -0.2) is 9.40 Å². The van der Waals surface area contributed by atoms with Crippen molar-refractivity contribution < 1.29 is 18.8 Å². The first-order chi connectivity index (χ1) is 16.9. The lowest BCUT2D eigenvalue weighted by Gasteiger charge is -2.24. The van der Waals surface area contributed by atoms with Crippen molar-refractivity contribution >= 4 is 40.7 Å². The van der Waals surface area contributed by atoms with Crippen molar-refractivity contribution in [3.8, 4) is 0 Å². The number of hydrazine groups is 1. The summed E-state index contributed by atoms with van der Waals surface area (Å²) >= 11 is 5.51. The van der Waals surface area contributed by atoms with Crippen LogP contribution in [0.1, 0.15) is 22.3 Å². The Bertz CT molecular complexity index is 1240. The molecule has 1 aliphatic rings. The zero-order chi connectivity index (χ0) is 24.8. The summed E-state index contributed by atoms with van der Waals surface area (Å²) in [4.78, 5) is 40.1. The molecule has 1 atom stereocenters. The minimum absolute atomic E-state index is 0.0213. The van der Waals surface area contributed by atoms with Gasteiger partial charge in [-0.3, -0.25) is 24.7 Å². The largest absolute Gasteiger partial charge is 0.356 e. The van der Waals surface area contributed by atoms with E-state index in [0.29, 0.717) is 18.7 Å². The number of rotatable bonds is 8. The summed E-state index contributed by atoms with van der Waals surface area (Å²) in [5, 5.41) is 4.04. The van der Waals surface area contributed by atoms with Gasteiger partial charge in [-0.1, -0.05) is 54.6 Å². The Morgan fingerprint density at radius 2 is 1.63 bits per heavy atom. The second-order valence-corrected chi connectivity index (χ2v) is 8.28. The number of carbonyl (C=O) groups is 3. The molecule has 9 heteroatoms. The van der Waals surface area contributed by atoms with Gasteiger partial charge in [0.05, 0.1) is 12.1 Å². The number of hydrogen-bond donors (Lipinski definition) is 2. The van der Waals surface area contributed by atoms with Gasteiger partial charge in [0.1, 0.15) is 11.9 Å². The molecule has 3 aromatic carbocycles. The Morgan fingerprint density at radius 1 is 0.943 bits per heavy atom. The van der Waals surface area contributed by atoms with Gasteiger partial charge in [0.15, 0.2) is 0 Å². The van der Waals surface area contributed by atoms with E-state index in [-0.39, 0.29) is 23.0 Å². The molecule has 3 amide bonds. The second-order valence-electron chi connectivity index (χ2n) is 7.92. The highest BCUT2D eigenvalue weighted by Crippen LogP contribution is 2.26. The third-order valence-corrected chi connectivity index (χ3v) is 5.87. The molecule has 1 aliphatic heterocycles. The van der Waals surface area contributed by atoms with Crippen LogP contribution in [0, 0.1) is 5.82 Å². The van der Waals surface area contributed by atoms with Crippen molar-refractivity contribution in [3.05, 3.63) is 102 Å². The lowest BCUT2D eigenvalue weighted by Crippen LogP contribution is -2.50. The Labute approximate surface area is 207 Å². The summed E-state index contributed by atoms with van der Waals surface area (Å²) in [7, 11) is 0. The maximum atomic E-state index is 13.6. The van der Waals surface area contributed by atoms with Crippen molar-refractivity contribution in [1.82, 2.24) is 15.8 Å². The molecule has 4 rings (SSSR count). The van der Waals surface area contributed by atoms with Crippen LogP contribution < -0.4 is 15.6 Å². The summed E-state index contributed by atoms with van der Waals surface area (Å²) in [5.41, 5.74) is 4.23. The summed E-state index contributed by atoms with van der Waals surface area (Å²) in [5.74, 6) is -2.03. The number of nitrogens with one attached hydrogen (secondary N) is 2. The number of nitrogens with zero attached hydrogens (tertiary/aromatic N) is 2. The van der Waals surface area contributed by atoms with Crippen LogP contribution in [0.2, 0.25) is 0 Å². The highest BCUT2D eigenvalue weighted by molar-refractivity contribution is 7.80. The topological polar surface area (TPSA) is 81.8 Å². The first-order valence-electron chi connectivity index (χ1n) is 11.0. The molecule has 1 saturated heterocycles. The minimum Gasteiger partial charge on any atom is -0.356 e. The molecule has 0 radical (unpaired) electrons. The predicted molar refractivity (Wildman–Crippen MR) is 134 cm³/mol. The number of para-hydroxylation sites is 1. The normalized spacial score (nSPS) is 15.3. The fraction of sp³-hybridized carbons (Fsp3) is 0.154. The Morgan fingerprint density at radius 3 is 2.31 bits per heavy atom. The molecule has 3 aromatic rings. The predicted octanol–water partition coefficient (Wildman–Crippen LogP) is 3.22. The molecule has 0 aromatic heterocycles. The molecule has 178 valence electrons.